The summed E-state index contributed by atoms with van der Waals surface area (Å²) in [4.78, 5) is 0. The summed E-state index contributed by atoms with van der Waals surface area (Å²) in [7, 11) is 0. The molecular formula is C17H18ClFN2. The lowest BCUT2D eigenvalue weighted by molar-refractivity contribution is 0.221. The number of nitrogen functional groups attached to an aromatic ring is 1. The molecule has 0 aromatic heterocycles. The van der Waals surface area contributed by atoms with E-state index in [9.17, 15) is 4.39 Å². The van der Waals surface area contributed by atoms with Crippen LogP contribution in [-0.2, 0) is 5.67 Å². The summed E-state index contributed by atoms with van der Waals surface area (Å²) < 4.78 is 14.0. The molecule has 0 aliphatic carbocycles. The molecular weight excluding hydrogens is 287 g/mol. The van der Waals surface area contributed by atoms with Crippen LogP contribution in [-0.4, -0.2) is 0 Å². The molecule has 4 heteroatoms. The summed E-state index contributed by atoms with van der Waals surface area (Å²) in [6, 6.07) is 12.4. The second kappa shape index (κ2) is 5.78. The van der Waals surface area contributed by atoms with Crippen LogP contribution in [0.4, 0.5) is 15.8 Å². The van der Waals surface area contributed by atoms with Crippen LogP contribution in [0.25, 0.3) is 5.70 Å². The molecule has 0 fully saturated rings. The highest BCUT2D eigenvalue weighted by Gasteiger charge is 2.18. The van der Waals surface area contributed by atoms with E-state index < -0.39 is 5.67 Å². The number of nitrogens with one attached hydrogen (secondary N) is 1. The Morgan fingerprint density at radius 1 is 1.24 bits per heavy atom. The van der Waals surface area contributed by atoms with E-state index in [0.717, 1.165) is 11.3 Å². The van der Waals surface area contributed by atoms with E-state index in [-0.39, 0.29) is 0 Å². The molecule has 0 aliphatic heterocycles. The van der Waals surface area contributed by atoms with Gasteiger partial charge in [0.25, 0.3) is 0 Å². The lowest BCUT2D eigenvalue weighted by atomic mass is 9.99. The lowest BCUT2D eigenvalue weighted by Gasteiger charge is -2.17. The predicted molar refractivity (Wildman–Crippen MR) is 89.1 cm³/mol. The monoisotopic (exact) mass is 304 g/mol. The minimum atomic E-state index is -1.39. The molecule has 110 valence electrons. The minimum absolute atomic E-state index is 0.559. The van der Waals surface area contributed by atoms with Crippen LogP contribution in [0.1, 0.15) is 25.0 Å². The molecule has 2 rings (SSSR count). The molecule has 2 aromatic carbocycles. The van der Waals surface area contributed by atoms with Gasteiger partial charge in [-0.15, -0.1) is 0 Å². The lowest BCUT2D eigenvalue weighted by Crippen LogP contribution is -2.09. The highest BCUT2D eigenvalue weighted by atomic mass is 35.5. The largest absolute Gasteiger partial charge is 0.399 e. The SMILES string of the molecule is C=C(Nc1cccc(C(C)(C)F)c1)c1cc(N)ccc1Cl. The molecule has 0 spiro atoms. The van der Waals surface area contributed by atoms with Crippen molar-refractivity contribution in [1.82, 2.24) is 0 Å². The standard InChI is InChI=1S/C17H18ClFN2/c1-11(15-10-13(20)7-8-16(15)18)21-14-6-4-5-12(9-14)17(2,3)19/h4-10,21H,1,20H2,2-3H3. The quantitative estimate of drug-likeness (QED) is 0.761. The van der Waals surface area contributed by atoms with Crippen LogP contribution < -0.4 is 11.1 Å². The van der Waals surface area contributed by atoms with Crippen LogP contribution in [0.3, 0.4) is 0 Å². The van der Waals surface area contributed by atoms with E-state index >= 15 is 0 Å². The van der Waals surface area contributed by atoms with Gasteiger partial charge in [-0.2, -0.15) is 0 Å². The van der Waals surface area contributed by atoms with E-state index in [0.29, 0.717) is 22.0 Å². The van der Waals surface area contributed by atoms with Crippen molar-refractivity contribution in [2.75, 3.05) is 11.1 Å². The summed E-state index contributed by atoms with van der Waals surface area (Å²) >= 11 is 6.14. The molecule has 3 N–H and O–H groups in total. The fourth-order valence-electron chi connectivity index (χ4n) is 1.98. The van der Waals surface area contributed by atoms with Crippen molar-refractivity contribution in [3.05, 3.63) is 65.2 Å². The molecule has 0 bridgehead atoms. The van der Waals surface area contributed by atoms with Crippen molar-refractivity contribution >= 4 is 28.7 Å². The van der Waals surface area contributed by atoms with Gasteiger partial charge in [-0.3, -0.25) is 0 Å². The normalized spacial score (nSPS) is 11.2. The molecule has 0 radical (unpaired) electrons. The molecule has 0 saturated heterocycles. The highest BCUT2D eigenvalue weighted by Crippen LogP contribution is 2.29. The number of halogens is 2. The molecule has 0 amide bonds. The summed E-state index contributed by atoms with van der Waals surface area (Å²) in [5, 5.41) is 3.70. The van der Waals surface area contributed by atoms with E-state index in [4.69, 9.17) is 17.3 Å². The first-order chi connectivity index (χ1) is 9.77. The molecule has 0 saturated carbocycles. The Morgan fingerprint density at radius 2 is 1.95 bits per heavy atom. The Labute approximate surface area is 129 Å². The van der Waals surface area contributed by atoms with Gasteiger partial charge in [0.1, 0.15) is 5.67 Å². The Kier molecular flexibility index (Phi) is 4.24. The van der Waals surface area contributed by atoms with Crippen LogP contribution >= 0.6 is 11.6 Å². The fourth-order valence-corrected chi connectivity index (χ4v) is 2.21. The minimum Gasteiger partial charge on any atom is -0.399 e. The molecule has 0 unspecified atom stereocenters. The van der Waals surface area contributed by atoms with Gasteiger partial charge in [0.2, 0.25) is 0 Å². The van der Waals surface area contributed by atoms with Crippen molar-refractivity contribution in [1.29, 1.82) is 0 Å². The van der Waals surface area contributed by atoms with Gasteiger partial charge in [0.15, 0.2) is 0 Å². The third-order valence-corrected chi connectivity index (χ3v) is 3.49. The van der Waals surface area contributed by atoms with Gasteiger partial charge in [-0.25, -0.2) is 4.39 Å². The molecule has 2 aromatic rings. The first-order valence-electron chi connectivity index (χ1n) is 6.58. The Morgan fingerprint density at radius 3 is 2.62 bits per heavy atom. The van der Waals surface area contributed by atoms with E-state index in [1.165, 1.54) is 13.8 Å². The van der Waals surface area contributed by atoms with Crippen LogP contribution in [0.2, 0.25) is 5.02 Å². The number of alkyl halides is 1. The first kappa shape index (κ1) is 15.4. The zero-order chi connectivity index (χ0) is 15.6. The first-order valence-corrected chi connectivity index (χ1v) is 6.96. The average molecular weight is 305 g/mol. The maximum atomic E-state index is 14.0. The number of nitrogens with two attached hydrogens (primary N) is 1. The maximum absolute atomic E-state index is 14.0. The Bertz CT molecular complexity index is 675. The zero-order valence-electron chi connectivity index (χ0n) is 12.1. The third kappa shape index (κ3) is 3.76. The number of benzene rings is 2. The highest BCUT2D eigenvalue weighted by molar-refractivity contribution is 6.32. The average Bonchev–Trinajstić information content (AvgIpc) is 2.41. The van der Waals surface area contributed by atoms with Crippen molar-refractivity contribution in [2.45, 2.75) is 19.5 Å². The van der Waals surface area contributed by atoms with Crippen LogP contribution in [0.5, 0.6) is 0 Å². The van der Waals surface area contributed by atoms with Gasteiger partial charge >= 0.3 is 0 Å². The summed E-state index contributed by atoms with van der Waals surface area (Å²) in [6.07, 6.45) is 0. The molecule has 21 heavy (non-hydrogen) atoms. The van der Waals surface area contributed by atoms with Crippen molar-refractivity contribution in [3.63, 3.8) is 0 Å². The van der Waals surface area contributed by atoms with Crippen LogP contribution in [0.15, 0.2) is 49.0 Å². The van der Waals surface area contributed by atoms with Gasteiger partial charge < -0.3 is 11.1 Å². The topological polar surface area (TPSA) is 38.0 Å². The molecule has 2 nitrogen and oxygen atoms in total. The summed E-state index contributed by atoms with van der Waals surface area (Å²) in [5.74, 6) is 0. The van der Waals surface area contributed by atoms with Gasteiger partial charge in [-0.1, -0.05) is 30.3 Å². The van der Waals surface area contributed by atoms with Crippen LogP contribution in [0, 0.1) is 0 Å². The Balaban J connectivity index is 2.26. The third-order valence-electron chi connectivity index (χ3n) is 3.16. The number of hydrogen-bond donors (Lipinski definition) is 2. The fraction of sp³-hybridized carbons (Fsp3) is 0.176. The summed E-state index contributed by atoms with van der Waals surface area (Å²) in [5.41, 5.74) is 7.66. The van der Waals surface area contributed by atoms with E-state index in [1.54, 1.807) is 36.4 Å². The molecule has 0 heterocycles. The van der Waals surface area contributed by atoms with Crippen molar-refractivity contribution in [3.8, 4) is 0 Å². The second-order valence-electron chi connectivity index (χ2n) is 5.40. The van der Waals surface area contributed by atoms with Gasteiger partial charge in [-0.05, 0) is 49.7 Å². The van der Waals surface area contributed by atoms with Gasteiger partial charge in [0, 0.05) is 22.6 Å². The maximum Gasteiger partial charge on any atom is 0.130 e. The number of hydrogen-bond acceptors (Lipinski definition) is 2. The Hall–Kier alpha value is -2.00. The molecule has 0 aliphatic rings. The smallest absolute Gasteiger partial charge is 0.130 e. The predicted octanol–water partition coefficient (Wildman–Crippen LogP) is 5.21. The van der Waals surface area contributed by atoms with Gasteiger partial charge in [0.05, 0.1) is 5.02 Å². The molecule has 0 atom stereocenters. The summed E-state index contributed by atoms with van der Waals surface area (Å²) in [6.45, 7) is 7.02. The zero-order valence-corrected chi connectivity index (χ0v) is 12.8. The number of anilines is 2. The van der Waals surface area contributed by atoms with E-state index in [1.807, 2.05) is 6.07 Å². The van der Waals surface area contributed by atoms with Crippen molar-refractivity contribution < 1.29 is 4.39 Å². The van der Waals surface area contributed by atoms with Crippen molar-refractivity contribution in [2.24, 2.45) is 0 Å². The second-order valence-corrected chi connectivity index (χ2v) is 5.80. The van der Waals surface area contributed by atoms with E-state index in [2.05, 4.69) is 11.9 Å². The number of rotatable bonds is 4.